The molecule has 0 unspecified atom stereocenters. The van der Waals surface area contributed by atoms with Crippen molar-refractivity contribution in [2.45, 2.75) is 41.0 Å². The van der Waals surface area contributed by atoms with Gasteiger partial charge in [0.1, 0.15) is 0 Å². The highest BCUT2D eigenvalue weighted by Crippen LogP contribution is 2.17. The minimum atomic E-state index is 0.106. The highest BCUT2D eigenvalue weighted by atomic mass is 19.2. The van der Waals surface area contributed by atoms with Crippen LogP contribution in [-0.2, 0) is 0 Å². The first-order chi connectivity index (χ1) is 4.62. The van der Waals surface area contributed by atoms with E-state index in [-0.39, 0.29) is 5.41 Å². The molecular formula is C8H20FN. The average molecular weight is 149 g/mol. The molecule has 0 aromatic heterocycles. The molecule has 0 spiro atoms. The second-order valence-electron chi connectivity index (χ2n) is 2.83. The smallest absolute Gasteiger partial charge is 0.0310 e. The largest absolute Gasteiger partial charge is 0.159 e. The van der Waals surface area contributed by atoms with Crippen molar-refractivity contribution in [3.05, 3.63) is 0 Å². The fourth-order valence-electron chi connectivity index (χ4n) is 0.306. The van der Waals surface area contributed by atoms with E-state index in [1.807, 2.05) is 27.7 Å². The Morgan fingerprint density at radius 3 is 1.80 bits per heavy atom. The molecule has 10 heavy (non-hydrogen) atoms. The molecule has 1 N–H and O–H groups in total. The van der Waals surface area contributed by atoms with Crippen LogP contribution in [0.3, 0.4) is 0 Å². The van der Waals surface area contributed by atoms with Gasteiger partial charge in [0.25, 0.3) is 0 Å². The summed E-state index contributed by atoms with van der Waals surface area (Å²) in [6.45, 7) is 10.6. The summed E-state index contributed by atoms with van der Waals surface area (Å²) in [5, 5.41) is 0. The van der Waals surface area contributed by atoms with Gasteiger partial charge in [0.05, 0.1) is 0 Å². The van der Waals surface area contributed by atoms with Crippen LogP contribution in [0.25, 0.3) is 0 Å². The Balaban J connectivity index is 0. The molecule has 0 aromatic carbocycles. The van der Waals surface area contributed by atoms with E-state index in [1.165, 1.54) is 0 Å². The lowest BCUT2D eigenvalue weighted by atomic mass is 9.91. The van der Waals surface area contributed by atoms with Crippen LogP contribution in [-0.4, -0.2) is 6.54 Å². The third kappa shape index (κ3) is 7.89. The van der Waals surface area contributed by atoms with Crippen molar-refractivity contribution in [3.63, 3.8) is 0 Å². The zero-order valence-electron chi connectivity index (χ0n) is 7.79. The molecule has 0 saturated heterocycles. The van der Waals surface area contributed by atoms with E-state index in [1.54, 1.807) is 5.54 Å². The van der Waals surface area contributed by atoms with Gasteiger partial charge in [0, 0.05) is 6.54 Å². The second kappa shape index (κ2) is 7.00. The molecule has 0 heterocycles. The number of rotatable bonds is 3. The molecule has 0 amide bonds. The molecule has 0 aliphatic heterocycles. The van der Waals surface area contributed by atoms with E-state index in [0.29, 0.717) is 6.54 Å². The average Bonchev–Trinajstić information content (AvgIpc) is 1.93. The maximum Gasteiger partial charge on any atom is 0.0310 e. The van der Waals surface area contributed by atoms with Gasteiger partial charge in [-0.3, -0.25) is 0 Å². The van der Waals surface area contributed by atoms with Crippen molar-refractivity contribution < 1.29 is 4.48 Å². The minimum absolute atomic E-state index is 0.106. The summed E-state index contributed by atoms with van der Waals surface area (Å²) in [4.78, 5) is 0. The topological polar surface area (TPSA) is 12.0 Å². The van der Waals surface area contributed by atoms with Crippen LogP contribution in [0, 0.1) is 5.41 Å². The first kappa shape index (κ1) is 12.6. The molecule has 64 valence electrons. The van der Waals surface area contributed by atoms with E-state index < -0.39 is 0 Å². The Hall–Kier alpha value is -0.110. The van der Waals surface area contributed by atoms with Gasteiger partial charge in [0.2, 0.25) is 0 Å². The van der Waals surface area contributed by atoms with Gasteiger partial charge in [-0.2, -0.15) is 5.54 Å². The van der Waals surface area contributed by atoms with Gasteiger partial charge in [-0.15, -0.1) is 4.48 Å². The van der Waals surface area contributed by atoms with Gasteiger partial charge >= 0.3 is 0 Å². The van der Waals surface area contributed by atoms with Crippen LogP contribution in [0.4, 0.5) is 4.48 Å². The number of hydrogen-bond donors (Lipinski definition) is 1. The normalized spacial score (nSPS) is 10.2. The predicted molar refractivity (Wildman–Crippen MR) is 44.5 cm³/mol. The predicted octanol–water partition coefficient (Wildman–Crippen LogP) is 2.92. The Morgan fingerprint density at radius 2 is 1.70 bits per heavy atom. The maximum absolute atomic E-state index is 11.4. The van der Waals surface area contributed by atoms with E-state index in [0.717, 1.165) is 6.42 Å². The van der Waals surface area contributed by atoms with Crippen molar-refractivity contribution in [1.82, 2.24) is 5.54 Å². The van der Waals surface area contributed by atoms with Crippen LogP contribution in [0.5, 0.6) is 0 Å². The SMILES string of the molecule is CC.CCC(C)(C)CNF. The Morgan fingerprint density at radius 1 is 1.30 bits per heavy atom. The van der Waals surface area contributed by atoms with Gasteiger partial charge in [-0.25, -0.2) is 0 Å². The van der Waals surface area contributed by atoms with Gasteiger partial charge < -0.3 is 0 Å². The molecule has 2 heteroatoms. The molecule has 0 bridgehead atoms. The lowest BCUT2D eigenvalue weighted by Crippen LogP contribution is -2.23. The molecule has 0 atom stereocenters. The first-order valence-corrected chi connectivity index (χ1v) is 3.96. The zero-order chi connectivity index (χ0) is 8.62. The zero-order valence-corrected chi connectivity index (χ0v) is 7.79. The summed E-state index contributed by atoms with van der Waals surface area (Å²) in [5.74, 6) is 0. The summed E-state index contributed by atoms with van der Waals surface area (Å²) in [6.07, 6.45) is 1.00. The highest BCUT2D eigenvalue weighted by Gasteiger charge is 2.13. The van der Waals surface area contributed by atoms with Gasteiger partial charge in [-0.05, 0) is 11.8 Å². The summed E-state index contributed by atoms with van der Waals surface area (Å²) in [6, 6.07) is 0. The van der Waals surface area contributed by atoms with E-state index in [4.69, 9.17) is 0 Å². The van der Waals surface area contributed by atoms with Crippen molar-refractivity contribution in [2.24, 2.45) is 5.41 Å². The molecule has 0 radical (unpaired) electrons. The molecule has 0 aromatic rings. The van der Waals surface area contributed by atoms with Crippen LogP contribution in [0.2, 0.25) is 0 Å². The third-order valence-corrected chi connectivity index (χ3v) is 1.50. The minimum Gasteiger partial charge on any atom is -0.159 e. The lowest BCUT2D eigenvalue weighted by molar-refractivity contribution is 0.230. The molecular weight excluding hydrogens is 129 g/mol. The van der Waals surface area contributed by atoms with Crippen molar-refractivity contribution in [1.29, 1.82) is 0 Å². The first-order valence-electron chi connectivity index (χ1n) is 3.96. The molecule has 0 saturated carbocycles. The molecule has 0 aliphatic rings. The summed E-state index contributed by atoms with van der Waals surface area (Å²) in [7, 11) is 0. The van der Waals surface area contributed by atoms with Crippen LogP contribution >= 0.6 is 0 Å². The van der Waals surface area contributed by atoms with Crippen LogP contribution in [0.15, 0.2) is 0 Å². The van der Waals surface area contributed by atoms with Crippen LogP contribution in [0.1, 0.15) is 41.0 Å². The Kier molecular flexibility index (Phi) is 8.79. The van der Waals surface area contributed by atoms with Crippen molar-refractivity contribution in [3.8, 4) is 0 Å². The van der Waals surface area contributed by atoms with Gasteiger partial charge in [-0.1, -0.05) is 34.6 Å². The third-order valence-electron chi connectivity index (χ3n) is 1.50. The fourth-order valence-corrected chi connectivity index (χ4v) is 0.306. The van der Waals surface area contributed by atoms with Crippen LogP contribution < -0.4 is 5.54 Å². The fraction of sp³-hybridized carbons (Fsp3) is 1.00. The number of halogens is 1. The summed E-state index contributed by atoms with van der Waals surface area (Å²) >= 11 is 0. The summed E-state index contributed by atoms with van der Waals surface area (Å²) < 4.78 is 11.4. The van der Waals surface area contributed by atoms with E-state index in [9.17, 15) is 4.48 Å². The molecule has 0 rings (SSSR count). The Labute approximate surface area is 64.0 Å². The van der Waals surface area contributed by atoms with Crippen molar-refractivity contribution >= 4 is 0 Å². The maximum atomic E-state index is 11.4. The second-order valence-corrected chi connectivity index (χ2v) is 2.83. The summed E-state index contributed by atoms with van der Waals surface area (Å²) in [5.41, 5.74) is 1.76. The quantitative estimate of drug-likeness (QED) is 0.608. The lowest BCUT2D eigenvalue weighted by Gasteiger charge is -2.19. The standard InChI is InChI=1S/C6H14FN.C2H6/c1-4-6(2,3)5-8-7;1-2/h8H,4-5H2,1-3H3;1-2H3. The molecule has 1 nitrogen and oxygen atoms in total. The number of nitrogens with one attached hydrogen (secondary N) is 1. The van der Waals surface area contributed by atoms with E-state index >= 15 is 0 Å². The van der Waals surface area contributed by atoms with Gasteiger partial charge in [0.15, 0.2) is 0 Å². The monoisotopic (exact) mass is 149 g/mol. The molecule has 0 fully saturated rings. The number of hydrogen-bond acceptors (Lipinski definition) is 1. The Bertz CT molecular complexity index is 62.3. The highest BCUT2D eigenvalue weighted by molar-refractivity contribution is 4.65. The van der Waals surface area contributed by atoms with Crippen molar-refractivity contribution in [2.75, 3.05) is 6.54 Å². The molecule has 0 aliphatic carbocycles. The van der Waals surface area contributed by atoms with E-state index in [2.05, 4.69) is 6.92 Å².